The van der Waals surface area contributed by atoms with E-state index in [-0.39, 0.29) is 6.61 Å². The average molecular weight is 386 g/mol. The molecule has 0 saturated carbocycles. The first-order valence-electron chi connectivity index (χ1n) is 8.27. The molecular weight excluding hydrogens is 360 g/mol. The lowest BCUT2D eigenvalue weighted by molar-refractivity contribution is -0.143. The zero-order chi connectivity index (χ0) is 19.9. The standard InChI is InChI=1S/C17H26N2O6S/c1-4-13-7-5-6-11(2)15(13)19-12(3)17(22)25-8-9-26(23,24)10-14(18)16(20)21/h5-7,12,14,19H,4,8-10,18H2,1-3H3,(H,20,21)/t12-,14?/m0/s1. The number of para-hydroxylation sites is 1. The first kappa shape index (κ1) is 21.9. The molecule has 0 aromatic heterocycles. The Morgan fingerprint density at radius 2 is 2.00 bits per heavy atom. The number of aliphatic carboxylic acids is 1. The van der Waals surface area contributed by atoms with Gasteiger partial charge in [-0.05, 0) is 31.4 Å². The number of esters is 1. The van der Waals surface area contributed by atoms with Crippen molar-refractivity contribution in [1.82, 2.24) is 0 Å². The number of hydrogen-bond acceptors (Lipinski definition) is 7. The van der Waals surface area contributed by atoms with Gasteiger partial charge in [-0.2, -0.15) is 0 Å². The predicted molar refractivity (Wildman–Crippen MR) is 98.9 cm³/mol. The molecule has 0 radical (unpaired) electrons. The highest BCUT2D eigenvalue weighted by molar-refractivity contribution is 7.91. The Bertz CT molecular complexity index is 748. The van der Waals surface area contributed by atoms with Gasteiger partial charge >= 0.3 is 11.9 Å². The monoisotopic (exact) mass is 386 g/mol. The first-order valence-corrected chi connectivity index (χ1v) is 10.1. The van der Waals surface area contributed by atoms with Crippen molar-refractivity contribution in [2.45, 2.75) is 39.3 Å². The van der Waals surface area contributed by atoms with Crippen LogP contribution >= 0.6 is 0 Å². The van der Waals surface area contributed by atoms with Gasteiger partial charge in [-0.25, -0.2) is 13.2 Å². The van der Waals surface area contributed by atoms with Gasteiger partial charge < -0.3 is 20.9 Å². The number of benzene rings is 1. The van der Waals surface area contributed by atoms with Crippen LogP contribution in [0.4, 0.5) is 5.69 Å². The molecule has 0 aliphatic carbocycles. The summed E-state index contributed by atoms with van der Waals surface area (Å²) in [7, 11) is -3.73. The molecule has 0 fully saturated rings. The number of carbonyl (C=O) groups excluding carboxylic acids is 1. The fourth-order valence-corrected chi connectivity index (χ4v) is 3.52. The largest absolute Gasteiger partial charge is 0.480 e. The summed E-state index contributed by atoms with van der Waals surface area (Å²) in [6, 6.07) is 3.67. The maximum absolute atomic E-state index is 12.1. The van der Waals surface area contributed by atoms with Crippen molar-refractivity contribution in [3.05, 3.63) is 29.3 Å². The number of nitrogens with two attached hydrogens (primary N) is 1. The number of sulfone groups is 1. The molecule has 0 bridgehead atoms. The average Bonchev–Trinajstić information content (AvgIpc) is 2.55. The highest BCUT2D eigenvalue weighted by atomic mass is 32.2. The first-order chi connectivity index (χ1) is 12.1. The number of carboxylic acid groups (broad SMARTS) is 1. The van der Waals surface area contributed by atoms with Crippen LogP contribution in [0.3, 0.4) is 0 Å². The number of carbonyl (C=O) groups is 2. The molecule has 2 atom stereocenters. The molecule has 1 unspecified atom stereocenters. The van der Waals surface area contributed by atoms with Crippen molar-refractivity contribution in [3.63, 3.8) is 0 Å². The van der Waals surface area contributed by atoms with Crippen LogP contribution in [0.1, 0.15) is 25.0 Å². The smallest absolute Gasteiger partial charge is 0.328 e. The minimum atomic E-state index is -3.73. The Morgan fingerprint density at radius 1 is 1.35 bits per heavy atom. The maximum Gasteiger partial charge on any atom is 0.328 e. The van der Waals surface area contributed by atoms with Gasteiger partial charge in [0, 0.05) is 5.69 Å². The third-order valence-electron chi connectivity index (χ3n) is 3.84. The van der Waals surface area contributed by atoms with E-state index in [0.717, 1.165) is 23.2 Å². The van der Waals surface area contributed by atoms with Gasteiger partial charge in [-0.15, -0.1) is 0 Å². The maximum atomic E-state index is 12.1. The number of carboxylic acids is 1. The van der Waals surface area contributed by atoms with E-state index in [2.05, 4.69) is 5.32 Å². The molecule has 4 N–H and O–H groups in total. The normalized spacial score (nSPS) is 13.7. The number of hydrogen-bond donors (Lipinski definition) is 3. The van der Waals surface area contributed by atoms with E-state index in [9.17, 15) is 18.0 Å². The van der Waals surface area contributed by atoms with E-state index in [4.69, 9.17) is 15.6 Å². The summed E-state index contributed by atoms with van der Waals surface area (Å²) in [4.78, 5) is 22.7. The SMILES string of the molecule is CCc1cccc(C)c1N[C@@H](C)C(=O)OCCS(=O)(=O)CC(N)C(=O)O. The molecule has 0 aliphatic heterocycles. The van der Waals surface area contributed by atoms with Crippen LogP contribution in [0.15, 0.2) is 18.2 Å². The summed E-state index contributed by atoms with van der Waals surface area (Å²) in [6.07, 6.45) is 0.799. The third kappa shape index (κ3) is 6.64. The van der Waals surface area contributed by atoms with Gasteiger partial charge in [0.1, 0.15) is 18.7 Å². The number of rotatable bonds is 10. The van der Waals surface area contributed by atoms with Crippen LogP contribution in [-0.2, 0) is 30.6 Å². The van der Waals surface area contributed by atoms with E-state index in [1.54, 1.807) is 6.92 Å². The zero-order valence-corrected chi connectivity index (χ0v) is 16.0. The lowest BCUT2D eigenvalue weighted by Gasteiger charge is -2.19. The molecule has 146 valence electrons. The molecule has 9 heteroatoms. The lowest BCUT2D eigenvalue weighted by Crippen LogP contribution is -2.38. The molecule has 8 nitrogen and oxygen atoms in total. The minimum absolute atomic E-state index is 0.353. The van der Waals surface area contributed by atoms with Crippen molar-refractivity contribution in [2.24, 2.45) is 5.73 Å². The summed E-state index contributed by atoms with van der Waals surface area (Å²) in [5, 5.41) is 11.8. The van der Waals surface area contributed by atoms with E-state index < -0.39 is 45.4 Å². The van der Waals surface area contributed by atoms with Gasteiger partial charge in [0.25, 0.3) is 0 Å². The van der Waals surface area contributed by atoms with E-state index in [1.165, 1.54) is 0 Å². The van der Waals surface area contributed by atoms with Crippen molar-refractivity contribution in [3.8, 4) is 0 Å². The minimum Gasteiger partial charge on any atom is -0.480 e. The van der Waals surface area contributed by atoms with Crippen LogP contribution in [-0.4, -0.2) is 55.7 Å². The van der Waals surface area contributed by atoms with Crippen molar-refractivity contribution < 1.29 is 27.9 Å². The van der Waals surface area contributed by atoms with Crippen LogP contribution in [0.5, 0.6) is 0 Å². The second-order valence-corrected chi connectivity index (χ2v) is 8.28. The number of aryl methyl sites for hydroxylation is 2. The molecule has 0 heterocycles. The summed E-state index contributed by atoms with van der Waals surface area (Å²) < 4.78 is 28.5. The fraction of sp³-hybridized carbons (Fsp3) is 0.529. The van der Waals surface area contributed by atoms with Crippen LogP contribution < -0.4 is 11.1 Å². The Kier molecular flexibility index (Phi) is 8.04. The van der Waals surface area contributed by atoms with Crippen LogP contribution in [0, 0.1) is 6.92 Å². The molecule has 1 aromatic carbocycles. The van der Waals surface area contributed by atoms with Gasteiger partial charge in [0.05, 0.1) is 11.5 Å². The summed E-state index contributed by atoms with van der Waals surface area (Å²) in [6.45, 7) is 5.21. The van der Waals surface area contributed by atoms with Gasteiger partial charge in [-0.3, -0.25) is 4.79 Å². The van der Waals surface area contributed by atoms with Crippen molar-refractivity contribution in [1.29, 1.82) is 0 Å². The third-order valence-corrected chi connectivity index (χ3v) is 5.50. The Morgan fingerprint density at radius 3 is 2.58 bits per heavy atom. The molecule has 0 aliphatic rings. The van der Waals surface area contributed by atoms with E-state index in [1.807, 2.05) is 32.0 Å². The number of anilines is 1. The van der Waals surface area contributed by atoms with Crippen molar-refractivity contribution in [2.75, 3.05) is 23.4 Å². The zero-order valence-electron chi connectivity index (χ0n) is 15.2. The van der Waals surface area contributed by atoms with Gasteiger partial charge in [0.2, 0.25) is 0 Å². The number of nitrogens with one attached hydrogen (secondary N) is 1. The molecular formula is C17H26N2O6S. The van der Waals surface area contributed by atoms with Gasteiger partial charge in [-0.1, -0.05) is 25.1 Å². The highest BCUT2D eigenvalue weighted by Crippen LogP contribution is 2.22. The fourth-order valence-electron chi connectivity index (χ4n) is 2.33. The summed E-state index contributed by atoms with van der Waals surface area (Å²) in [5.41, 5.74) is 8.13. The molecule has 26 heavy (non-hydrogen) atoms. The van der Waals surface area contributed by atoms with Crippen molar-refractivity contribution >= 4 is 27.5 Å². The second kappa shape index (κ2) is 9.54. The summed E-state index contributed by atoms with van der Waals surface area (Å²) >= 11 is 0. The van der Waals surface area contributed by atoms with E-state index >= 15 is 0 Å². The summed E-state index contributed by atoms with van der Waals surface area (Å²) in [5.74, 6) is -3.16. The molecule has 1 rings (SSSR count). The molecule has 1 aromatic rings. The van der Waals surface area contributed by atoms with Crippen LogP contribution in [0.25, 0.3) is 0 Å². The molecule has 0 amide bonds. The second-order valence-electron chi connectivity index (χ2n) is 6.06. The van der Waals surface area contributed by atoms with Gasteiger partial charge in [0.15, 0.2) is 9.84 Å². The molecule has 0 spiro atoms. The highest BCUT2D eigenvalue weighted by Gasteiger charge is 2.23. The molecule has 0 saturated heterocycles. The predicted octanol–water partition coefficient (Wildman–Crippen LogP) is 0.728. The Labute approximate surface area is 153 Å². The van der Waals surface area contributed by atoms with E-state index in [0.29, 0.717) is 0 Å². The topological polar surface area (TPSA) is 136 Å². The van der Waals surface area contributed by atoms with Crippen LogP contribution in [0.2, 0.25) is 0 Å². The number of ether oxygens (including phenoxy) is 1. The Balaban J connectivity index is 2.57. The lowest BCUT2D eigenvalue weighted by atomic mass is 10.1. The quantitative estimate of drug-likeness (QED) is 0.501. The Hall–Kier alpha value is -2.13.